The van der Waals surface area contributed by atoms with Gasteiger partial charge in [0, 0.05) is 11.1 Å². The highest BCUT2D eigenvalue weighted by atomic mass is 32.2. The van der Waals surface area contributed by atoms with Gasteiger partial charge in [0.1, 0.15) is 11.4 Å². The van der Waals surface area contributed by atoms with Gasteiger partial charge in [-0.1, -0.05) is 54.6 Å². The Morgan fingerprint density at radius 2 is 1.54 bits per heavy atom. The average Bonchev–Trinajstić information content (AvgIpc) is 2.66. The van der Waals surface area contributed by atoms with Crippen LogP contribution in [0, 0.1) is 0 Å². The van der Waals surface area contributed by atoms with Crippen LogP contribution in [0.1, 0.15) is 16.7 Å². The van der Waals surface area contributed by atoms with Gasteiger partial charge in [0.15, 0.2) is 0 Å². The summed E-state index contributed by atoms with van der Waals surface area (Å²) >= 11 is 0. The normalized spacial score (nSPS) is 21.7. The molecule has 0 spiro atoms. The number of benzene rings is 3. The van der Waals surface area contributed by atoms with Crippen molar-refractivity contribution in [1.29, 1.82) is 0 Å². The number of methoxy groups -OCH3 is 1. The van der Waals surface area contributed by atoms with Crippen molar-refractivity contribution in [3.8, 4) is 5.75 Å². The molecule has 0 amide bonds. The van der Waals surface area contributed by atoms with Gasteiger partial charge < -0.3 is 9.84 Å². The first-order chi connectivity index (χ1) is 11.7. The van der Waals surface area contributed by atoms with Crippen molar-refractivity contribution >= 4 is 10.8 Å². The van der Waals surface area contributed by atoms with Crippen LogP contribution in [0.25, 0.3) is 0 Å². The maximum Gasteiger partial charge on any atom is 0.142 e. The number of hydrogen-bond acceptors (Lipinski definition) is 3. The monoisotopic (exact) mass is 336 g/mol. The number of fused-ring (bicyclic) bond motifs is 2. The molecular weight excluding hydrogens is 320 g/mol. The van der Waals surface area contributed by atoms with Crippen molar-refractivity contribution in [2.75, 3.05) is 7.11 Å². The summed E-state index contributed by atoms with van der Waals surface area (Å²) in [6, 6.07) is 22.2. The maximum atomic E-state index is 13.0. The minimum Gasteiger partial charge on any atom is -0.497 e. The van der Waals surface area contributed by atoms with Crippen LogP contribution in [0.5, 0.6) is 5.75 Å². The third-order valence-corrected chi connectivity index (χ3v) is 5.94. The van der Waals surface area contributed by atoms with Crippen molar-refractivity contribution < 1.29 is 14.1 Å². The molecule has 1 heterocycles. The topological polar surface area (TPSA) is 46.5 Å². The van der Waals surface area contributed by atoms with Crippen molar-refractivity contribution in [3.63, 3.8) is 0 Å². The molecule has 0 aliphatic carbocycles. The van der Waals surface area contributed by atoms with Crippen molar-refractivity contribution in [2.45, 2.75) is 15.4 Å². The molecule has 1 N–H and O–H groups in total. The van der Waals surface area contributed by atoms with E-state index in [4.69, 9.17) is 4.74 Å². The van der Waals surface area contributed by atoms with E-state index in [2.05, 4.69) is 0 Å². The third-order valence-electron chi connectivity index (χ3n) is 4.45. The number of hydrogen-bond donors (Lipinski definition) is 1. The summed E-state index contributed by atoms with van der Waals surface area (Å²) in [5.74, 6) is 0.622. The maximum absolute atomic E-state index is 13.0. The lowest BCUT2D eigenvalue weighted by Crippen LogP contribution is -2.34. The molecule has 1 aliphatic rings. The van der Waals surface area contributed by atoms with E-state index in [1.54, 1.807) is 25.3 Å². The first-order valence-electron chi connectivity index (χ1n) is 7.64. The number of ether oxygens (including phenoxy) is 1. The van der Waals surface area contributed by atoms with Crippen LogP contribution < -0.4 is 4.74 Å². The van der Waals surface area contributed by atoms with Gasteiger partial charge in [-0.05, 0) is 23.8 Å². The summed E-state index contributed by atoms with van der Waals surface area (Å²) in [6.45, 7) is 0. The Bertz CT molecular complexity index is 937. The molecule has 120 valence electrons. The lowest BCUT2D eigenvalue weighted by Gasteiger charge is -2.36. The molecule has 3 aromatic rings. The lowest BCUT2D eigenvalue weighted by atomic mass is 9.80. The number of rotatable bonds is 2. The molecular formula is C20H16O3S. The molecule has 0 fully saturated rings. The zero-order valence-corrected chi connectivity index (χ0v) is 13.9. The van der Waals surface area contributed by atoms with E-state index in [0.717, 1.165) is 5.56 Å². The van der Waals surface area contributed by atoms with Crippen molar-refractivity contribution in [1.82, 2.24) is 0 Å². The van der Waals surface area contributed by atoms with Gasteiger partial charge in [-0.25, -0.2) is 4.21 Å². The molecule has 2 unspecified atom stereocenters. The van der Waals surface area contributed by atoms with E-state index in [1.807, 2.05) is 54.6 Å². The largest absolute Gasteiger partial charge is 0.497 e. The molecule has 4 rings (SSSR count). The van der Waals surface area contributed by atoms with Crippen LogP contribution in [0.2, 0.25) is 0 Å². The Morgan fingerprint density at radius 1 is 0.875 bits per heavy atom. The fourth-order valence-electron chi connectivity index (χ4n) is 3.26. The van der Waals surface area contributed by atoms with E-state index in [-0.39, 0.29) is 0 Å². The van der Waals surface area contributed by atoms with Gasteiger partial charge in [-0.2, -0.15) is 0 Å². The highest BCUT2D eigenvalue weighted by molar-refractivity contribution is 7.85. The van der Waals surface area contributed by atoms with Gasteiger partial charge in [0.2, 0.25) is 0 Å². The molecule has 0 radical (unpaired) electrons. The zero-order valence-electron chi connectivity index (χ0n) is 13.1. The van der Waals surface area contributed by atoms with Gasteiger partial charge in [0.25, 0.3) is 0 Å². The fourth-order valence-corrected chi connectivity index (χ4v) is 4.76. The minimum atomic E-state index is -1.36. The van der Waals surface area contributed by atoms with E-state index >= 15 is 0 Å². The Balaban J connectivity index is 2.08. The van der Waals surface area contributed by atoms with Crippen LogP contribution in [0.4, 0.5) is 0 Å². The molecule has 0 aromatic heterocycles. The second-order valence-corrected chi connectivity index (χ2v) is 7.12. The second-order valence-electron chi connectivity index (χ2n) is 5.70. The summed E-state index contributed by atoms with van der Waals surface area (Å²) in [6.07, 6.45) is 0. The Labute approximate surface area is 143 Å². The molecule has 24 heavy (non-hydrogen) atoms. The quantitative estimate of drug-likeness (QED) is 0.779. The SMILES string of the molecule is COc1ccc2c(c1)S(=O)c1ccccc1C2(O)c1ccccc1. The summed E-state index contributed by atoms with van der Waals surface area (Å²) < 4.78 is 18.3. The van der Waals surface area contributed by atoms with E-state index in [0.29, 0.717) is 26.7 Å². The Morgan fingerprint density at radius 3 is 2.29 bits per heavy atom. The predicted octanol–water partition coefficient (Wildman–Crippen LogP) is 3.46. The second kappa shape index (κ2) is 5.58. The van der Waals surface area contributed by atoms with Gasteiger partial charge in [0.05, 0.1) is 27.7 Å². The van der Waals surface area contributed by atoms with Crippen molar-refractivity contribution in [2.24, 2.45) is 0 Å². The van der Waals surface area contributed by atoms with E-state index < -0.39 is 16.4 Å². The molecule has 4 heteroatoms. The van der Waals surface area contributed by atoms with E-state index in [1.165, 1.54) is 0 Å². The fraction of sp³-hybridized carbons (Fsp3) is 0.100. The summed E-state index contributed by atoms with van der Waals surface area (Å²) in [4.78, 5) is 1.21. The van der Waals surface area contributed by atoms with Crippen LogP contribution in [0.3, 0.4) is 0 Å². The first kappa shape index (κ1) is 15.1. The van der Waals surface area contributed by atoms with Crippen LogP contribution in [-0.4, -0.2) is 16.4 Å². The average molecular weight is 336 g/mol. The van der Waals surface area contributed by atoms with Gasteiger partial charge in [-0.3, -0.25) is 0 Å². The van der Waals surface area contributed by atoms with E-state index in [9.17, 15) is 9.32 Å². The minimum absolute atomic E-state index is 0.583. The molecule has 0 saturated carbocycles. The molecule has 1 aliphatic heterocycles. The molecule has 3 nitrogen and oxygen atoms in total. The molecule has 3 aromatic carbocycles. The summed E-state index contributed by atoms with van der Waals surface area (Å²) in [7, 11) is 0.212. The van der Waals surface area contributed by atoms with Crippen LogP contribution in [0.15, 0.2) is 82.6 Å². The highest BCUT2D eigenvalue weighted by Crippen LogP contribution is 2.47. The molecule has 0 bridgehead atoms. The van der Waals surface area contributed by atoms with Gasteiger partial charge >= 0.3 is 0 Å². The lowest BCUT2D eigenvalue weighted by molar-refractivity contribution is 0.118. The molecule has 2 atom stereocenters. The predicted molar refractivity (Wildman–Crippen MR) is 92.7 cm³/mol. The zero-order chi connectivity index (χ0) is 16.7. The standard InChI is InChI=1S/C20H16O3S/c1-23-15-11-12-17-19(13-15)24(22)18-10-6-5-9-16(18)20(17,21)14-7-3-2-4-8-14/h2-13,21H,1H3. The van der Waals surface area contributed by atoms with Gasteiger partial charge in [-0.15, -0.1) is 0 Å². The Hall–Kier alpha value is -2.43. The summed E-state index contributed by atoms with van der Waals surface area (Å²) in [5.41, 5.74) is 0.701. The van der Waals surface area contributed by atoms with Crippen LogP contribution in [-0.2, 0) is 16.4 Å². The number of aliphatic hydroxyl groups is 1. The third kappa shape index (κ3) is 2.04. The highest BCUT2D eigenvalue weighted by Gasteiger charge is 2.43. The summed E-state index contributed by atoms with van der Waals surface area (Å²) in [5, 5.41) is 11.8. The molecule has 0 saturated heterocycles. The van der Waals surface area contributed by atoms with Crippen molar-refractivity contribution in [3.05, 3.63) is 89.5 Å². The van der Waals surface area contributed by atoms with Crippen LogP contribution >= 0.6 is 0 Å². The first-order valence-corrected chi connectivity index (χ1v) is 8.79. The Kier molecular flexibility index (Phi) is 3.52. The smallest absolute Gasteiger partial charge is 0.142 e.